The van der Waals surface area contributed by atoms with Crippen molar-refractivity contribution in [1.29, 1.82) is 0 Å². The van der Waals surface area contributed by atoms with Gasteiger partial charge in [-0.15, -0.1) is 0 Å². The summed E-state index contributed by atoms with van der Waals surface area (Å²) in [5, 5.41) is 0. The van der Waals surface area contributed by atoms with Crippen molar-refractivity contribution in [3.8, 4) is 0 Å². The zero-order chi connectivity index (χ0) is 19.9. The summed E-state index contributed by atoms with van der Waals surface area (Å²) in [5.74, 6) is -0.152. The molecular formula is C21H27N3O4. The summed E-state index contributed by atoms with van der Waals surface area (Å²) in [5.41, 5.74) is 1.18. The number of nitrogens with zero attached hydrogens (tertiary/aromatic N) is 3. The third-order valence-corrected chi connectivity index (χ3v) is 6.09. The molecule has 2 fully saturated rings. The quantitative estimate of drug-likeness (QED) is 0.747. The van der Waals surface area contributed by atoms with Crippen molar-refractivity contribution in [1.82, 2.24) is 9.80 Å². The van der Waals surface area contributed by atoms with Crippen molar-refractivity contribution < 1.29 is 19.1 Å². The Morgan fingerprint density at radius 2 is 1.68 bits per heavy atom. The summed E-state index contributed by atoms with van der Waals surface area (Å²) in [6.07, 6.45) is 1.70. The van der Waals surface area contributed by atoms with Crippen molar-refractivity contribution in [3.63, 3.8) is 0 Å². The third kappa shape index (κ3) is 3.02. The van der Waals surface area contributed by atoms with Gasteiger partial charge >= 0.3 is 6.09 Å². The van der Waals surface area contributed by atoms with Crippen molar-refractivity contribution in [2.45, 2.75) is 39.2 Å². The minimum Gasteiger partial charge on any atom is -0.450 e. The molecule has 4 rings (SSSR count). The first kappa shape index (κ1) is 18.8. The van der Waals surface area contributed by atoms with Crippen LogP contribution in [0.15, 0.2) is 24.3 Å². The van der Waals surface area contributed by atoms with Gasteiger partial charge < -0.3 is 19.4 Å². The molecule has 1 atom stereocenters. The first-order valence-electron chi connectivity index (χ1n) is 10.1. The standard InChI is InChI=1S/C21H27N3O4/c1-3-28-20(27)23-12-10-22(11-13-23)18(25)21(8-9-21)19(26)24-15(2)14-16-6-4-5-7-17(16)24/h4-7,15H,3,8-14H2,1-2H3. The van der Waals surface area contributed by atoms with Crippen molar-refractivity contribution in [3.05, 3.63) is 29.8 Å². The molecule has 3 amide bonds. The lowest BCUT2D eigenvalue weighted by molar-refractivity contribution is -0.144. The van der Waals surface area contributed by atoms with Gasteiger partial charge in [0.05, 0.1) is 6.61 Å². The molecule has 28 heavy (non-hydrogen) atoms. The highest BCUT2D eigenvalue weighted by atomic mass is 16.6. The van der Waals surface area contributed by atoms with Crippen molar-refractivity contribution in [2.75, 3.05) is 37.7 Å². The lowest BCUT2D eigenvalue weighted by Gasteiger charge is -2.36. The zero-order valence-corrected chi connectivity index (χ0v) is 16.5. The molecule has 150 valence electrons. The molecule has 1 saturated heterocycles. The van der Waals surface area contributed by atoms with Gasteiger partial charge in [0.1, 0.15) is 5.41 Å². The highest BCUT2D eigenvalue weighted by Crippen LogP contribution is 2.51. The second kappa shape index (κ2) is 7.11. The summed E-state index contributed by atoms with van der Waals surface area (Å²) in [6.45, 7) is 5.92. The second-order valence-corrected chi connectivity index (χ2v) is 7.92. The highest BCUT2D eigenvalue weighted by Gasteiger charge is 2.60. The third-order valence-electron chi connectivity index (χ3n) is 6.09. The normalized spacial score (nSPS) is 22.6. The Hall–Kier alpha value is -2.57. The van der Waals surface area contributed by atoms with Crippen molar-refractivity contribution >= 4 is 23.6 Å². The molecule has 1 aliphatic carbocycles. The maximum atomic E-state index is 13.4. The molecule has 0 bridgehead atoms. The molecule has 1 aromatic carbocycles. The molecule has 0 spiro atoms. The number of ether oxygens (including phenoxy) is 1. The summed E-state index contributed by atoms with van der Waals surface area (Å²) in [7, 11) is 0. The Morgan fingerprint density at radius 3 is 2.32 bits per heavy atom. The number of amides is 3. The van der Waals surface area contributed by atoms with E-state index < -0.39 is 5.41 Å². The van der Waals surface area contributed by atoms with Gasteiger partial charge in [-0.2, -0.15) is 0 Å². The van der Waals surface area contributed by atoms with E-state index >= 15 is 0 Å². The van der Waals surface area contributed by atoms with Crippen LogP contribution in [-0.4, -0.2) is 66.5 Å². The molecule has 7 nitrogen and oxygen atoms in total. The summed E-state index contributed by atoms with van der Waals surface area (Å²) >= 11 is 0. The number of benzene rings is 1. The predicted octanol–water partition coefficient (Wildman–Crippen LogP) is 2.05. The van der Waals surface area contributed by atoms with Crippen LogP contribution in [0.1, 0.15) is 32.3 Å². The van der Waals surface area contributed by atoms with E-state index in [9.17, 15) is 14.4 Å². The monoisotopic (exact) mass is 385 g/mol. The largest absolute Gasteiger partial charge is 0.450 e. The van der Waals surface area contributed by atoms with E-state index in [0.29, 0.717) is 45.6 Å². The fraction of sp³-hybridized carbons (Fsp3) is 0.571. The van der Waals surface area contributed by atoms with Crippen molar-refractivity contribution in [2.24, 2.45) is 5.41 Å². The first-order chi connectivity index (χ1) is 13.5. The number of carbonyl (C=O) groups is 3. The molecule has 1 aromatic rings. The second-order valence-electron chi connectivity index (χ2n) is 7.92. The fourth-order valence-electron chi connectivity index (χ4n) is 4.36. The molecule has 7 heteroatoms. The highest BCUT2D eigenvalue weighted by molar-refractivity contribution is 6.15. The van der Waals surface area contributed by atoms with Gasteiger partial charge in [-0.05, 0) is 44.7 Å². The number of para-hydroxylation sites is 1. The zero-order valence-electron chi connectivity index (χ0n) is 16.5. The van der Waals surface area contributed by atoms with E-state index in [-0.39, 0.29) is 23.9 Å². The van der Waals surface area contributed by atoms with E-state index in [1.165, 1.54) is 0 Å². The molecule has 2 aliphatic heterocycles. The lowest BCUT2D eigenvalue weighted by atomic mass is 10.0. The Kier molecular flexibility index (Phi) is 4.77. The Labute approximate surface area is 165 Å². The topological polar surface area (TPSA) is 70.2 Å². The Balaban J connectivity index is 1.45. The van der Waals surface area contributed by atoms with E-state index in [1.54, 1.807) is 16.7 Å². The number of carbonyl (C=O) groups excluding carboxylic acids is 3. The SMILES string of the molecule is CCOC(=O)N1CCN(C(=O)C2(C(=O)N3c4ccccc4CC3C)CC2)CC1. The van der Waals surface area contributed by atoms with Crippen LogP contribution in [0.4, 0.5) is 10.5 Å². The van der Waals surface area contributed by atoms with Gasteiger partial charge in [0.25, 0.3) is 0 Å². The van der Waals surface area contributed by atoms with Crippen LogP contribution in [0.3, 0.4) is 0 Å². The Bertz CT molecular complexity index is 797. The van der Waals surface area contributed by atoms with Crippen LogP contribution in [-0.2, 0) is 20.7 Å². The number of rotatable bonds is 3. The number of hydrogen-bond donors (Lipinski definition) is 0. The number of anilines is 1. The van der Waals surface area contributed by atoms with Crippen LogP contribution in [0, 0.1) is 5.41 Å². The molecule has 0 radical (unpaired) electrons. The average Bonchev–Trinajstić information content (AvgIpc) is 3.44. The molecule has 3 aliphatic rings. The van der Waals surface area contributed by atoms with E-state index in [4.69, 9.17) is 4.74 Å². The molecule has 0 N–H and O–H groups in total. The minimum absolute atomic E-state index is 0.0656. The lowest BCUT2D eigenvalue weighted by Crippen LogP contribution is -2.55. The van der Waals surface area contributed by atoms with Gasteiger partial charge in [-0.25, -0.2) is 4.79 Å². The summed E-state index contributed by atoms with van der Waals surface area (Å²) < 4.78 is 5.03. The maximum Gasteiger partial charge on any atom is 0.409 e. The van der Waals surface area contributed by atoms with Gasteiger partial charge in [-0.3, -0.25) is 9.59 Å². The average molecular weight is 385 g/mol. The van der Waals surface area contributed by atoms with Crippen LogP contribution >= 0.6 is 0 Å². The molecule has 2 heterocycles. The van der Waals surface area contributed by atoms with E-state index in [2.05, 4.69) is 6.07 Å². The molecule has 0 aromatic heterocycles. The van der Waals surface area contributed by atoms with Gasteiger partial charge in [0.15, 0.2) is 0 Å². The van der Waals surface area contributed by atoms with E-state index in [1.807, 2.05) is 30.0 Å². The first-order valence-corrected chi connectivity index (χ1v) is 10.1. The van der Waals surface area contributed by atoms with Crippen LogP contribution in [0.2, 0.25) is 0 Å². The Morgan fingerprint density at radius 1 is 1.04 bits per heavy atom. The summed E-state index contributed by atoms with van der Waals surface area (Å²) in [4.78, 5) is 43.7. The van der Waals surface area contributed by atoms with E-state index in [0.717, 1.165) is 17.7 Å². The van der Waals surface area contributed by atoms with Gasteiger partial charge in [0, 0.05) is 37.9 Å². The molecule has 1 saturated carbocycles. The van der Waals surface area contributed by atoms with Crippen LogP contribution in [0.25, 0.3) is 0 Å². The van der Waals surface area contributed by atoms with Gasteiger partial charge in [-0.1, -0.05) is 18.2 Å². The van der Waals surface area contributed by atoms with Crippen LogP contribution < -0.4 is 4.90 Å². The molecular weight excluding hydrogens is 358 g/mol. The smallest absolute Gasteiger partial charge is 0.409 e. The minimum atomic E-state index is -0.919. The predicted molar refractivity (Wildman–Crippen MR) is 104 cm³/mol. The fourth-order valence-corrected chi connectivity index (χ4v) is 4.36. The van der Waals surface area contributed by atoms with Gasteiger partial charge in [0.2, 0.25) is 11.8 Å². The number of piperazine rings is 1. The number of fused-ring (bicyclic) bond motifs is 1. The summed E-state index contributed by atoms with van der Waals surface area (Å²) in [6, 6.07) is 8.01. The molecule has 1 unspecified atom stereocenters. The number of hydrogen-bond acceptors (Lipinski definition) is 4. The maximum absolute atomic E-state index is 13.4. The van der Waals surface area contributed by atoms with Crippen LogP contribution in [0.5, 0.6) is 0 Å².